The van der Waals surface area contributed by atoms with E-state index in [2.05, 4.69) is 41.1 Å². The molecule has 0 aromatic carbocycles. The molecule has 0 spiro atoms. The van der Waals surface area contributed by atoms with Gasteiger partial charge in [0.1, 0.15) is 0 Å². The van der Waals surface area contributed by atoms with Crippen molar-refractivity contribution in [3.05, 3.63) is 17.5 Å². The summed E-state index contributed by atoms with van der Waals surface area (Å²) in [5.41, 5.74) is 0. The predicted molar refractivity (Wildman–Crippen MR) is 67.9 cm³/mol. The Balaban J connectivity index is 2.33. The molecule has 0 saturated heterocycles. The number of rotatable bonds is 6. The van der Waals surface area contributed by atoms with Crippen molar-refractivity contribution in [2.75, 3.05) is 25.5 Å². The Morgan fingerprint density at radius 1 is 1.44 bits per heavy atom. The van der Waals surface area contributed by atoms with E-state index in [0.29, 0.717) is 17.0 Å². The molecular formula is C11H19ClN4. The molecule has 1 aromatic rings. The summed E-state index contributed by atoms with van der Waals surface area (Å²) in [7, 11) is 2.12. The minimum atomic E-state index is 0.425. The van der Waals surface area contributed by atoms with Crippen LogP contribution in [0.4, 0.5) is 5.82 Å². The summed E-state index contributed by atoms with van der Waals surface area (Å²) in [5.74, 6) is 0.654. The maximum Gasteiger partial charge on any atom is 0.171 e. The number of aromatic nitrogens is 2. The van der Waals surface area contributed by atoms with E-state index in [1.165, 1.54) is 0 Å². The van der Waals surface area contributed by atoms with Crippen LogP contribution in [0.15, 0.2) is 12.4 Å². The fourth-order valence-electron chi connectivity index (χ4n) is 1.32. The first kappa shape index (κ1) is 13.2. The molecular weight excluding hydrogens is 224 g/mol. The molecule has 0 bridgehead atoms. The van der Waals surface area contributed by atoms with Gasteiger partial charge in [0.15, 0.2) is 11.0 Å². The SMILES string of the molecule is CCC(C)N(C)CCNc1nccnc1Cl. The van der Waals surface area contributed by atoms with Crippen molar-refractivity contribution in [1.29, 1.82) is 0 Å². The number of nitrogens with zero attached hydrogens (tertiary/aromatic N) is 3. The lowest BCUT2D eigenvalue weighted by atomic mass is 10.2. The Labute approximate surface area is 102 Å². The Kier molecular flexibility index (Phi) is 5.49. The van der Waals surface area contributed by atoms with Crippen molar-refractivity contribution in [1.82, 2.24) is 14.9 Å². The third-order valence-corrected chi connectivity index (χ3v) is 3.03. The molecule has 1 heterocycles. The first-order valence-corrected chi connectivity index (χ1v) is 5.93. The number of likely N-dealkylation sites (N-methyl/N-ethyl adjacent to an activating group) is 1. The molecule has 0 radical (unpaired) electrons. The maximum atomic E-state index is 5.88. The van der Waals surface area contributed by atoms with E-state index in [1.807, 2.05) is 0 Å². The van der Waals surface area contributed by atoms with Crippen molar-refractivity contribution in [3.63, 3.8) is 0 Å². The van der Waals surface area contributed by atoms with Crippen molar-refractivity contribution in [2.45, 2.75) is 26.3 Å². The van der Waals surface area contributed by atoms with E-state index < -0.39 is 0 Å². The average Bonchev–Trinajstić information content (AvgIpc) is 2.30. The van der Waals surface area contributed by atoms with Gasteiger partial charge < -0.3 is 10.2 Å². The lowest BCUT2D eigenvalue weighted by Gasteiger charge is -2.23. The Bertz CT molecular complexity index is 319. The quantitative estimate of drug-likeness (QED) is 0.831. The first-order chi connectivity index (χ1) is 7.65. The van der Waals surface area contributed by atoms with E-state index >= 15 is 0 Å². The number of nitrogens with one attached hydrogen (secondary N) is 1. The molecule has 4 nitrogen and oxygen atoms in total. The van der Waals surface area contributed by atoms with E-state index in [4.69, 9.17) is 11.6 Å². The van der Waals surface area contributed by atoms with Crippen LogP contribution in [-0.4, -0.2) is 41.0 Å². The van der Waals surface area contributed by atoms with Gasteiger partial charge in [-0.2, -0.15) is 0 Å². The van der Waals surface area contributed by atoms with Gasteiger partial charge in [0, 0.05) is 31.5 Å². The van der Waals surface area contributed by atoms with Crippen LogP contribution in [0.2, 0.25) is 5.15 Å². The zero-order valence-corrected chi connectivity index (χ0v) is 10.8. The minimum absolute atomic E-state index is 0.425. The molecule has 0 aliphatic carbocycles. The summed E-state index contributed by atoms with van der Waals surface area (Å²) in [6.45, 7) is 6.19. The van der Waals surface area contributed by atoms with Gasteiger partial charge in [0.05, 0.1) is 0 Å². The van der Waals surface area contributed by atoms with Crippen molar-refractivity contribution in [2.24, 2.45) is 0 Å². The normalized spacial score (nSPS) is 12.8. The zero-order chi connectivity index (χ0) is 12.0. The van der Waals surface area contributed by atoms with Crippen LogP contribution in [-0.2, 0) is 0 Å². The largest absolute Gasteiger partial charge is 0.366 e. The van der Waals surface area contributed by atoms with Crippen molar-refractivity contribution < 1.29 is 0 Å². The second-order valence-corrected chi connectivity index (χ2v) is 4.22. The van der Waals surface area contributed by atoms with E-state index in [-0.39, 0.29) is 0 Å². The smallest absolute Gasteiger partial charge is 0.171 e. The number of hydrogen-bond acceptors (Lipinski definition) is 4. The number of halogens is 1. The minimum Gasteiger partial charge on any atom is -0.366 e. The molecule has 1 unspecified atom stereocenters. The van der Waals surface area contributed by atoms with Gasteiger partial charge in [-0.05, 0) is 20.4 Å². The summed E-state index contributed by atoms with van der Waals surface area (Å²) in [6.07, 6.45) is 4.37. The van der Waals surface area contributed by atoms with Crippen LogP contribution in [0.25, 0.3) is 0 Å². The highest BCUT2D eigenvalue weighted by Crippen LogP contribution is 2.13. The van der Waals surface area contributed by atoms with Gasteiger partial charge in [-0.15, -0.1) is 0 Å². The van der Waals surface area contributed by atoms with Gasteiger partial charge in [-0.3, -0.25) is 0 Å². The van der Waals surface area contributed by atoms with Crippen molar-refractivity contribution in [3.8, 4) is 0 Å². The predicted octanol–water partition coefficient (Wildman–Crippen LogP) is 2.27. The zero-order valence-electron chi connectivity index (χ0n) is 10.1. The monoisotopic (exact) mass is 242 g/mol. The molecule has 5 heteroatoms. The van der Waals surface area contributed by atoms with Gasteiger partial charge in [-0.1, -0.05) is 18.5 Å². The van der Waals surface area contributed by atoms with Crippen LogP contribution < -0.4 is 5.32 Å². The fraction of sp³-hybridized carbons (Fsp3) is 0.636. The summed E-state index contributed by atoms with van der Waals surface area (Å²) in [4.78, 5) is 10.4. The fourth-order valence-corrected chi connectivity index (χ4v) is 1.49. The summed E-state index contributed by atoms with van der Waals surface area (Å²) in [6, 6.07) is 0.596. The second kappa shape index (κ2) is 6.66. The molecule has 16 heavy (non-hydrogen) atoms. The average molecular weight is 243 g/mol. The van der Waals surface area contributed by atoms with Gasteiger partial charge in [0.25, 0.3) is 0 Å². The van der Waals surface area contributed by atoms with E-state index in [0.717, 1.165) is 19.5 Å². The van der Waals surface area contributed by atoms with Crippen LogP contribution >= 0.6 is 11.6 Å². The van der Waals surface area contributed by atoms with Crippen molar-refractivity contribution >= 4 is 17.4 Å². The van der Waals surface area contributed by atoms with Gasteiger partial charge >= 0.3 is 0 Å². The lowest BCUT2D eigenvalue weighted by Crippen LogP contribution is -2.32. The van der Waals surface area contributed by atoms with E-state index in [9.17, 15) is 0 Å². The molecule has 1 aromatic heterocycles. The third kappa shape index (κ3) is 3.94. The van der Waals surface area contributed by atoms with Gasteiger partial charge in [0.2, 0.25) is 0 Å². The molecule has 0 aliphatic heterocycles. The molecule has 0 aliphatic rings. The van der Waals surface area contributed by atoms with Crippen LogP contribution in [0.5, 0.6) is 0 Å². The van der Waals surface area contributed by atoms with Crippen LogP contribution in [0.3, 0.4) is 0 Å². The highest BCUT2D eigenvalue weighted by molar-refractivity contribution is 6.31. The summed E-state index contributed by atoms with van der Waals surface area (Å²) >= 11 is 5.88. The molecule has 0 amide bonds. The standard InChI is InChI=1S/C11H19ClN4/c1-4-9(2)16(3)8-7-15-11-10(12)13-5-6-14-11/h5-6,9H,4,7-8H2,1-3H3,(H,14,15). The third-order valence-electron chi connectivity index (χ3n) is 2.75. The molecule has 1 atom stereocenters. The maximum absolute atomic E-state index is 5.88. The molecule has 1 N–H and O–H groups in total. The Hall–Kier alpha value is -0.870. The summed E-state index contributed by atoms with van der Waals surface area (Å²) < 4.78 is 0. The molecule has 0 fully saturated rings. The summed E-state index contributed by atoms with van der Waals surface area (Å²) in [5, 5.41) is 3.60. The Morgan fingerprint density at radius 2 is 2.12 bits per heavy atom. The second-order valence-electron chi connectivity index (χ2n) is 3.86. The molecule has 90 valence electrons. The van der Waals surface area contributed by atoms with E-state index in [1.54, 1.807) is 12.4 Å². The highest BCUT2D eigenvalue weighted by atomic mass is 35.5. The molecule has 1 rings (SSSR count). The first-order valence-electron chi connectivity index (χ1n) is 5.55. The highest BCUT2D eigenvalue weighted by Gasteiger charge is 2.06. The lowest BCUT2D eigenvalue weighted by molar-refractivity contribution is 0.261. The van der Waals surface area contributed by atoms with Crippen LogP contribution in [0, 0.1) is 0 Å². The van der Waals surface area contributed by atoms with Crippen LogP contribution in [0.1, 0.15) is 20.3 Å². The number of anilines is 1. The van der Waals surface area contributed by atoms with Gasteiger partial charge in [-0.25, -0.2) is 9.97 Å². The topological polar surface area (TPSA) is 41.0 Å². The Morgan fingerprint density at radius 3 is 2.75 bits per heavy atom. The number of hydrogen-bond donors (Lipinski definition) is 1. The molecule has 0 saturated carbocycles.